The van der Waals surface area contributed by atoms with Crippen LogP contribution in [-0.2, 0) is 14.3 Å². The Morgan fingerprint density at radius 1 is 1.23 bits per heavy atom. The number of amides is 1. The molecule has 7 heteroatoms. The molecule has 138 valence electrons. The highest BCUT2D eigenvalue weighted by molar-refractivity contribution is 6.33. The predicted octanol–water partition coefficient (Wildman–Crippen LogP) is 4.13. The van der Waals surface area contributed by atoms with Gasteiger partial charge in [0.1, 0.15) is 11.6 Å². The van der Waals surface area contributed by atoms with Crippen molar-refractivity contribution in [3.63, 3.8) is 0 Å². The molecule has 0 radical (unpaired) electrons. The summed E-state index contributed by atoms with van der Waals surface area (Å²) >= 11 is 5.84. The van der Waals surface area contributed by atoms with Gasteiger partial charge in [-0.3, -0.25) is 9.59 Å². The van der Waals surface area contributed by atoms with Gasteiger partial charge in [0.25, 0.3) is 5.91 Å². The third-order valence-corrected chi connectivity index (χ3v) is 3.84. The maximum atomic E-state index is 13.0. The molecule has 0 aliphatic carbocycles. The Bertz CT molecular complexity index is 797. The van der Waals surface area contributed by atoms with Crippen molar-refractivity contribution < 1.29 is 23.5 Å². The maximum absolute atomic E-state index is 13.0. The van der Waals surface area contributed by atoms with E-state index in [4.69, 9.17) is 21.1 Å². The van der Waals surface area contributed by atoms with E-state index in [2.05, 4.69) is 5.32 Å². The second kappa shape index (κ2) is 9.20. The Kier molecular flexibility index (Phi) is 6.97. The predicted molar refractivity (Wildman–Crippen MR) is 96.9 cm³/mol. The van der Waals surface area contributed by atoms with Crippen LogP contribution in [0.3, 0.4) is 0 Å². The van der Waals surface area contributed by atoms with E-state index in [0.717, 1.165) is 11.6 Å². The van der Waals surface area contributed by atoms with Crippen molar-refractivity contribution >= 4 is 29.2 Å². The summed E-state index contributed by atoms with van der Waals surface area (Å²) in [4.78, 5) is 23.9. The van der Waals surface area contributed by atoms with Crippen molar-refractivity contribution in [2.24, 2.45) is 0 Å². The van der Waals surface area contributed by atoms with Gasteiger partial charge >= 0.3 is 5.97 Å². The molecule has 0 spiro atoms. The highest BCUT2D eigenvalue weighted by atomic mass is 35.5. The fourth-order valence-corrected chi connectivity index (χ4v) is 2.31. The minimum Gasteiger partial charge on any atom is -0.493 e. The Morgan fingerprint density at radius 2 is 1.96 bits per heavy atom. The normalized spacial score (nSPS) is 11.5. The van der Waals surface area contributed by atoms with E-state index in [9.17, 15) is 14.0 Å². The SMILES string of the molecule is Cc1ccccc1OCCC(=O)OC(C)C(=O)Nc1ccc(F)cc1Cl. The highest BCUT2D eigenvalue weighted by Gasteiger charge is 2.19. The quantitative estimate of drug-likeness (QED) is 0.735. The fraction of sp³-hybridized carbons (Fsp3) is 0.263. The lowest BCUT2D eigenvalue weighted by atomic mass is 10.2. The van der Waals surface area contributed by atoms with Gasteiger partial charge in [-0.2, -0.15) is 0 Å². The highest BCUT2D eigenvalue weighted by Crippen LogP contribution is 2.22. The number of rotatable bonds is 7. The minimum atomic E-state index is -1.03. The van der Waals surface area contributed by atoms with Crippen molar-refractivity contribution in [2.45, 2.75) is 26.4 Å². The summed E-state index contributed by atoms with van der Waals surface area (Å²) in [5.41, 5.74) is 1.20. The monoisotopic (exact) mass is 379 g/mol. The van der Waals surface area contributed by atoms with Crippen LogP contribution >= 0.6 is 11.6 Å². The molecule has 0 fully saturated rings. The van der Waals surface area contributed by atoms with Gasteiger partial charge in [-0.25, -0.2) is 4.39 Å². The van der Waals surface area contributed by atoms with Gasteiger partial charge in [0.15, 0.2) is 6.10 Å². The van der Waals surface area contributed by atoms with Crippen molar-refractivity contribution in [3.8, 4) is 5.75 Å². The average molecular weight is 380 g/mol. The Morgan fingerprint density at radius 3 is 2.65 bits per heavy atom. The number of halogens is 2. The molecule has 0 saturated heterocycles. The topological polar surface area (TPSA) is 64.6 Å². The lowest BCUT2D eigenvalue weighted by Gasteiger charge is -2.14. The summed E-state index contributed by atoms with van der Waals surface area (Å²) in [5.74, 6) is -0.948. The van der Waals surface area contributed by atoms with E-state index in [0.29, 0.717) is 5.75 Å². The zero-order valence-electron chi connectivity index (χ0n) is 14.4. The molecular formula is C19H19ClFNO4. The molecule has 0 aliphatic rings. The number of anilines is 1. The van der Waals surface area contributed by atoms with Gasteiger partial charge in [0.05, 0.1) is 23.7 Å². The first-order valence-electron chi connectivity index (χ1n) is 8.00. The number of benzene rings is 2. The smallest absolute Gasteiger partial charge is 0.310 e. The number of ether oxygens (including phenoxy) is 2. The Balaban J connectivity index is 1.78. The third-order valence-electron chi connectivity index (χ3n) is 3.52. The van der Waals surface area contributed by atoms with Gasteiger partial charge in [0, 0.05) is 0 Å². The summed E-state index contributed by atoms with van der Waals surface area (Å²) in [6, 6.07) is 11.0. The van der Waals surface area contributed by atoms with E-state index in [-0.39, 0.29) is 23.7 Å². The molecule has 1 unspecified atom stereocenters. The van der Waals surface area contributed by atoms with Gasteiger partial charge in [-0.1, -0.05) is 29.8 Å². The lowest BCUT2D eigenvalue weighted by molar-refractivity contribution is -0.153. The maximum Gasteiger partial charge on any atom is 0.310 e. The summed E-state index contributed by atoms with van der Waals surface area (Å²) in [7, 11) is 0. The number of hydrogen-bond acceptors (Lipinski definition) is 4. The molecule has 0 aliphatic heterocycles. The molecule has 5 nitrogen and oxygen atoms in total. The minimum absolute atomic E-state index is 0.00323. The van der Waals surface area contributed by atoms with E-state index in [1.165, 1.54) is 19.1 Å². The molecule has 1 amide bonds. The summed E-state index contributed by atoms with van der Waals surface area (Å²) in [6.45, 7) is 3.48. The summed E-state index contributed by atoms with van der Waals surface area (Å²) in [5, 5.41) is 2.54. The van der Waals surface area contributed by atoms with Crippen LogP contribution in [0.4, 0.5) is 10.1 Å². The summed E-state index contributed by atoms with van der Waals surface area (Å²) in [6.07, 6.45) is -1.02. The van der Waals surface area contributed by atoms with Crippen molar-refractivity contribution in [3.05, 3.63) is 58.9 Å². The molecule has 0 heterocycles. The lowest BCUT2D eigenvalue weighted by Crippen LogP contribution is -2.30. The van der Waals surface area contributed by atoms with Gasteiger partial charge in [-0.15, -0.1) is 0 Å². The molecule has 2 aromatic rings. The van der Waals surface area contributed by atoms with Crippen molar-refractivity contribution in [1.29, 1.82) is 0 Å². The van der Waals surface area contributed by atoms with Crippen LogP contribution in [0.25, 0.3) is 0 Å². The second-order valence-electron chi connectivity index (χ2n) is 5.61. The Hall–Kier alpha value is -2.60. The van der Waals surface area contributed by atoms with Gasteiger partial charge in [0.2, 0.25) is 0 Å². The first kappa shape index (κ1) is 19.7. The van der Waals surface area contributed by atoms with Crippen LogP contribution in [0.2, 0.25) is 5.02 Å². The number of aryl methyl sites for hydroxylation is 1. The molecule has 1 atom stereocenters. The van der Waals surface area contributed by atoms with E-state index in [1.807, 2.05) is 31.2 Å². The van der Waals surface area contributed by atoms with Crippen LogP contribution in [0, 0.1) is 12.7 Å². The summed E-state index contributed by atoms with van der Waals surface area (Å²) < 4.78 is 23.6. The van der Waals surface area contributed by atoms with Crippen LogP contribution in [0.1, 0.15) is 18.9 Å². The number of nitrogens with one attached hydrogen (secondary N) is 1. The van der Waals surface area contributed by atoms with Crippen LogP contribution in [-0.4, -0.2) is 24.6 Å². The average Bonchev–Trinajstić information content (AvgIpc) is 2.59. The van der Waals surface area contributed by atoms with Gasteiger partial charge < -0.3 is 14.8 Å². The number of para-hydroxylation sites is 1. The number of esters is 1. The van der Waals surface area contributed by atoms with E-state index in [1.54, 1.807) is 0 Å². The Labute approximate surface area is 156 Å². The van der Waals surface area contributed by atoms with E-state index >= 15 is 0 Å². The zero-order chi connectivity index (χ0) is 19.1. The van der Waals surface area contributed by atoms with E-state index < -0.39 is 23.8 Å². The molecule has 0 saturated carbocycles. The third kappa shape index (κ3) is 5.74. The van der Waals surface area contributed by atoms with Crippen LogP contribution < -0.4 is 10.1 Å². The molecule has 0 aromatic heterocycles. The van der Waals surface area contributed by atoms with Crippen molar-refractivity contribution in [1.82, 2.24) is 0 Å². The standard InChI is InChI=1S/C19H19ClFNO4/c1-12-5-3-4-6-17(12)25-10-9-18(23)26-13(2)19(24)22-16-8-7-14(21)11-15(16)20/h3-8,11,13H,9-10H2,1-2H3,(H,22,24). The fourth-order valence-electron chi connectivity index (χ4n) is 2.10. The zero-order valence-corrected chi connectivity index (χ0v) is 15.2. The molecule has 26 heavy (non-hydrogen) atoms. The second-order valence-corrected chi connectivity index (χ2v) is 6.02. The first-order valence-corrected chi connectivity index (χ1v) is 8.38. The largest absolute Gasteiger partial charge is 0.493 e. The molecule has 2 aromatic carbocycles. The number of hydrogen-bond donors (Lipinski definition) is 1. The first-order chi connectivity index (χ1) is 12.4. The van der Waals surface area contributed by atoms with Crippen LogP contribution in [0.5, 0.6) is 5.75 Å². The molecular weight excluding hydrogens is 361 g/mol. The van der Waals surface area contributed by atoms with Crippen molar-refractivity contribution in [2.75, 3.05) is 11.9 Å². The number of carbonyl (C=O) groups excluding carboxylic acids is 2. The number of carbonyl (C=O) groups is 2. The molecule has 0 bridgehead atoms. The molecule has 2 rings (SSSR count). The molecule has 1 N–H and O–H groups in total. The van der Waals surface area contributed by atoms with Crippen LogP contribution in [0.15, 0.2) is 42.5 Å². The van der Waals surface area contributed by atoms with Gasteiger partial charge in [-0.05, 0) is 43.7 Å².